The molecule has 12 rings (SSSR count). The number of benzene rings is 10. The van der Waals surface area contributed by atoms with Gasteiger partial charge in [-0.2, -0.15) is 0 Å². The molecule has 10 aromatic carbocycles. The highest BCUT2D eigenvalue weighted by Gasteiger charge is 2.18. The Morgan fingerprint density at radius 2 is 0.951 bits per heavy atom. The van der Waals surface area contributed by atoms with Crippen molar-refractivity contribution < 1.29 is 4.42 Å². The molecule has 61 heavy (non-hydrogen) atoms. The fourth-order valence-corrected chi connectivity index (χ4v) is 9.27. The van der Waals surface area contributed by atoms with Crippen molar-refractivity contribution in [2.75, 3.05) is 4.90 Å². The van der Waals surface area contributed by atoms with Crippen molar-refractivity contribution in [1.29, 1.82) is 0 Å². The number of fused-ring (bicyclic) bond motifs is 7. The lowest BCUT2D eigenvalue weighted by Crippen LogP contribution is -2.09. The molecule has 0 N–H and O–H groups in total. The molecule has 0 atom stereocenters. The second kappa shape index (κ2) is 14.3. The van der Waals surface area contributed by atoms with Crippen LogP contribution < -0.4 is 4.90 Å². The van der Waals surface area contributed by atoms with Gasteiger partial charge in [0.25, 0.3) is 0 Å². The van der Waals surface area contributed by atoms with Crippen LogP contribution >= 0.6 is 0 Å². The lowest BCUT2D eigenvalue weighted by atomic mass is 9.90. The second-order valence-electron chi connectivity index (χ2n) is 15.7. The predicted octanol–water partition coefficient (Wildman–Crippen LogP) is 16.3. The first-order valence-electron chi connectivity index (χ1n) is 20.8. The van der Waals surface area contributed by atoms with E-state index in [0.717, 1.165) is 72.5 Å². The normalized spacial score (nSPS) is 11.6. The van der Waals surface area contributed by atoms with E-state index in [-0.39, 0.29) is 0 Å². The minimum Gasteiger partial charge on any atom is -0.456 e. The van der Waals surface area contributed by atoms with Gasteiger partial charge in [0, 0.05) is 44.3 Å². The molecule has 3 heteroatoms. The quantitative estimate of drug-likeness (QED) is 0.161. The predicted molar refractivity (Wildman–Crippen MR) is 257 cm³/mol. The average molecular weight is 779 g/mol. The summed E-state index contributed by atoms with van der Waals surface area (Å²) in [5.41, 5.74) is 15.5. The van der Waals surface area contributed by atoms with Gasteiger partial charge in [-0.3, -0.25) is 0 Å². The lowest BCUT2D eigenvalue weighted by Gasteiger charge is -2.26. The Morgan fingerprint density at radius 3 is 1.84 bits per heavy atom. The van der Waals surface area contributed by atoms with E-state index in [2.05, 4.69) is 228 Å². The Balaban J connectivity index is 1.04. The van der Waals surface area contributed by atoms with E-state index < -0.39 is 0 Å². The molecule has 0 aliphatic carbocycles. The van der Waals surface area contributed by atoms with Crippen LogP contribution in [0.25, 0.3) is 93.6 Å². The molecule has 12 aromatic rings. The Bertz CT molecular complexity index is 3600. The molecule has 0 spiro atoms. The van der Waals surface area contributed by atoms with E-state index in [1.807, 2.05) is 12.1 Å². The summed E-state index contributed by atoms with van der Waals surface area (Å²) in [7, 11) is 0. The summed E-state index contributed by atoms with van der Waals surface area (Å²) < 4.78 is 8.84. The molecule has 2 heterocycles. The molecule has 0 aliphatic heterocycles. The third kappa shape index (κ3) is 5.98. The van der Waals surface area contributed by atoms with Crippen LogP contribution in [-0.4, -0.2) is 4.57 Å². The summed E-state index contributed by atoms with van der Waals surface area (Å²) in [5.74, 6) is 0. The molecule has 286 valence electrons. The van der Waals surface area contributed by atoms with Crippen LogP contribution in [0.1, 0.15) is 0 Å². The third-order valence-corrected chi connectivity index (χ3v) is 12.2. The van der Waals surface area contributed by atoms with Crippen molar-refractivity contribution in [3.63, 3.8) is 0 Å². The zero-order valence-corrected chi connectivity index (χ0v) is 33.2. The van der Waals surface area contributed by atoms with Crippen LogP contribution in [0, 0.1) is 0 Å². The summed E-state index contributed by atoms with van der Waals surface area (Å²) >= 11 is 0. The van der Waals surface area contributed by atoms with Crippen molar-refractivity contribution in [3.05, 3.63) is 231 Å². The first kappa shape index (κ1) is 34.9. The number of aromatic nitrogens is 1. The standard InChI is InChI=1S/C58H38N2O/c1-3-17-45(18-4-1)59(48-30-26-39-14-7-8-15-40(39)34-48)47-21-13-16-43(35-47)49-31-27-41(36-53(49)44-28-32-52-51-23-10-12-25-57(51)61-58(52)38-44)42-29-33-56-54(37-42)50-22-9-11-24-55(50)60(56)46-19-5-2-6-20-46/h1-38H. The Kier molecular flexibility index (Phi) is 8.17. The fourth-order valence-electron chi connectivity index (χ4n) is 9.27. The van der Waals surface area contributed by atoms with Crippen molar-refractivity contribution in [2.45, 2.75) is 0 Å². The largest absolute Gasteiger partial charge is 0.456 e. The molecule has 0 fully saturated rings. The van der Waals surface area contributed by atoms with Gasteiger partial charge in [0.1, 0.15) is 11.2 Å². The summed E-state index contributed by atoms with van der Waals surface area (Å²) in [6, 6.07) is 83.0. The molecule has 0 unspecified atom stereocenters. The van der Waals surface area contributed by atoms with Gasteiger partial charge in [0.2, 0.25) is 0 Å². The molecule has 3 nitrogen and oxygen atoms in total. The van der Waals surface area contributed by atoms with Gasteiger partial charge in [-0.1, -0.05) is 140 Å². The highest BCUT2D eigenvalue weighted by atomic mass is 16.3. The van der Waals surface area contributed by atoms with Crippen molar-refractivity contribution in [2.24, 2.45) is 0 Å². The molecule has 0 amide bonds. The van der Waals surface area contributed by atoms with Crippen molar-refractivity contribution in [3.8, 4) is 39.1 Å². The van der Waals surface area contributed by atoms with Gasteiger partial charge in [0.15, 0.2) is 0 Å². The number of rotatable bonds is 7. The van der Waals surface area contributed by atoms with Gasteiger partial charge in [0.05, 0.1) is 11.0 Å². The molecule has 0 radical (unpaired) electrons. The number of hydrogen-bond acceptors (Lipinski definition) is 2. The third-order valence-electron chi connectivity index (χ3n) is 12.2. The SMILES string of the molecule is c1ccc(N(c2cccc(-c3ccc(-c4ccc5c(c4)c4ccccc4n5-c4ccccc4)cc3-c3ccc4c(c3)oc3ccccc34)c2)c2ccc3ccccc3c2)cc1. The first-order chi connectivity index (χ1) is 30.2. The molecule has 0 aliphatic rings. The van der Waals surface area contributed by atoms with Gasteiger partial charge < -0.3 is 13.9 Å². The number of nitrogens with zero attached hydrogens (tertiary/aromatic N) is 2. The Morgan fingerprint density at radius 1 is 0.311 bits per heavy atom. The van der Waals surface area contributed by atoms with Crippen molar-refractivity contribution in [1.82, 2.24) is 4.57 Å². The second-order valence-corrected chi connectivity index (χ2v) is 15.7. The van der Waals surface area contributed by atoms with E-state index in [1.54, 1.807) is 0 Å². The summed E-state index contributed by atoms with van der Waals surface area (Å²) in [6.45, 7) is 0. The van der Waals surface area contributed by atoms with Gasteiger partial charge in [-0.05, 0) is 135 Å². The maximum atomic E-state index is 6.47. The highest BCUT2D eigenvalue weighted by Crippen LogP contribution is 2.43. The Labute approximate surface area is 353 Å². The lowest BCUT2D eigenvalue weighted by molar-refractivity contribution is 0.669. The van der Waals surface area contributed by atoms with E-state index in [0.29, 0.717) is 0 Å². The number of anilines is 3. The summed E-state index contributed by atoms with van der Waals surface area (Å²) in [6.07, 6.45) is 0. The Hall–Kier alpha value is -8.14. The average Bonchev–Trinajstić information content (AvgIpc) is 3.87. The van der Waals surface area contributed by atoms with Crippen LogP contribution in [0.2, 0.25) is 0 Å². The van der Waals surface area contributed by atoms with Crippen LogP contribution in [0.15, 0.2) is 235 Å². The number of hydrogen-bond donors (Lipinski definition) is 0. The molecule has 0 saturated heterocycles. The molecular weight excluding hydrogens is 741 g/mol. The monoisotopic (exact) mass is 778 g/mol. The van der Waals surface area contributed by atoms with Crippen molar-refractivity contribution >= 4 is 71.6 Å². The molecular formula is C58H38N2O. The van der Waals surface area contributed by atoms with Gasteiger partial charge in [-0.15, -0.1) is 0 Å². The van der Waals surface area contributed by atoms with Crippen LogP contribution in [-0.2, 0) is 0 Å². The zero-order valence-electron chi connectivity index (χ0n) is 33.2. The number of furan rings is 1. The van der Waals surface area contributed by atoms with Gasteiger partial charge in [-0.25, -0.2) is 0 Å². The van der Waals surface area contributed by atoms with E-state index in [9.17, 15) is 0 Å². The van der Waals surface area contributed by atoms with Crippen LogP contribution in [0.5, 0.6) is 0 Å². The summed E-state index contributed by atoms with van der Waals surface area (Å²) in [4.78, 5) is 2.35. The molecule has 0 bridgehead atoms. The van der Waals surface area contributed by atoms with E-state index in [4.69, 9.17) is 4.42 Å². The minimum atomic E-state index is 0.880. The molecule has 0 saturated carbocycles. The minimum absolute atomic E-state index is 0.880. The van der Waals surface area contributed by atoms with E-state index in [1.165, 1.54) is 38.1 Å². The fraction of sp³-hybridized carbons (Fsp3) is 0. The zero-order chi connectivity index (χ0) is 40.3. The molecule has 2 aromatic heterocycles. The summed E-state index contributed by atoms with van der Waals surface area (Å²) in [5, 5.41) is 7.14. The number of para-hydroxylation sites is 4. The van der Waals surface area contributed by atoms with Crippen LogP contribution in [0.4, 0.5) is 17.1 Å². The first-order valence-corrected chi connectivity index (χ1v) is 20.8. The highest BCUT2D eigenvalue weighted by molar-refractivity contribution is 6.11. The maximum absolute atomic E-state index is 6.47. The van der Waals surface area contributed by atoms with Gasteiger partial charge >= 0.3 is 0 Å². The topological polar surface area (TPSA) is 21.3 Å². The van der Waals surface area contributed by atoms with Crippen LogP contribution in [0.3, 0.4) is 0 Å². The van der Waals surface area contributed by atoms with E-state index >= 15 is 0 Å². The maximum Gasteiger partial charge on any atom is 0.136 e. The smallest absolute Gasteiger partial charge is 0.136 e.